The number of hydrogen-bond acceptors (Lipinski definition) is 6. The number of methoxy groups -OCH3 is 3. The van der Waals surface area contributed by atoms with Crippen LogP contribution in [0.3, 0.4) is 0 Å². The monoisotopic (exact) mass is 547 g/mol. The van der Waals surface area contributed by atoms with Gasteiger partial charge in [0.1, 0.15) is 11.8 Å². The normalized spacial score (nSPS) is 14.9. The van der Waals surface area contributed by atoms with Gasteiger partial charge >= 0.3 is 0 Å². The highest BCUT2D eigenvalue weighted by atomic mass is 32.1. The molecule has 2 amide bonds. The molecule has 0 spiro atoms. The summed E-state index contributed by atoms with van der Waals surface area (Å²) in [4.78, 5) is 30.1. The summed E-state index contributed by atoms with van der Waals surface area (Å²) in [5.74, 6) is 1.55. The third kappa shape index (κ3) is 6.86. The average Bonchev–Trinajstić information content (AvgIpc) is 3.18. The number of carbonyl (C=O) groups excluding carboxylic acids is 2. The summed E-state index contributed by atoms with van der Waals surface area (Å²) >= 11 is 5.79. The number of hydrogen-bond donors (Lipinski definition) is 1. The molecule has 1 aliphatic rings. The zero-order valence-corrected chi connectivity index (χ0v) is 23.2. The van der Waals surface area contributed by atoms with E-state index < -0.39 is 6.04 Å². The molecule has 1 unspecified atom stereocenters. The van der Waals surface area contributed by atoms with Crippen molar-refractivity contribution in [3.05, 3.63) is 83.9 Å². The van der Waals surface area contributed by atoms with Gasteiger partial charge in [0.2, 0.25) is 5.91 Å². The fraction of sp³-hybridized carbons (Fsp3) is 0.300. The molecule has 39 heavy (non-hydrogen) atoms. The van der Waals surface area contributed by atoms with Crippen LogP contribution in [0, 0.1) is 0 Å². The summed E-state index contributed by atoms with van der Waals surface area (Å²) in [5, 5.41) is 3.33. The van der Waals surface area contributed by atoms with Crippen molar-refractivity contribution in [1.82, 2.24) is 9.80 Å². The molecule has 1 saturated heterocycles. The van der Waals surface area contributed by atoms with E-state index in [0.717, 1.165) is 11.1 Å². The van der Waals surface area contributed by atoms with E-state index in [0.29, 0.717) is 54.0 Å². The Hall–Kier alpha value is -4.11. The van der Waals surface area contributed by atoms with Crippen molar-refractivity contribution in [1.29, 1.82) is 0 Å². The van der Waals surface area contributed by atoms with Crippen LogP contribution in [0.25, 0.3) is 0 Å². The molecule has 3 aromatic rings. The van der Waals surface area contributed by atoms with Crippen LogP contribution in [0.5, 0.6) is 17.2 Å². The maximum atomic E-state index is 13.6. The van der Waals surface area contributed by atoms with Crippen molar-refractivity contribution < 1.29 is 23.8 Å². The lowest BCUT2D eigenvalue weighted by atomic mass is 10.1. The van der Waals surface area contributed by atoms with E-state index in [4.69, 9.17) is 26.4 Å². The van der Waals surface area contributed by atoms with Crippen molar-refractivity contribution in [2.75, 3.05) is 39.7 Å². The second-order valence-electron chi connectivity index (χ2n) is 9.14. The SMILES string of the molecule is COc1ccc(NC(=O)CC2C(=O)N(CCc3ccccc3)C(=S)N2CCc2ccc(OC)c(OC)c2)cc1. The molecule has 8 nitrogen and oxygen atoms in total. The Kier molecular flexibility index (Phi) is 9.38. The molecule has 204 valence electrons. The molecule has 3 aromatic carbocycles. The molecule has 1 atom stereocenters. The second kappa shape index (κ2) is 13.1. The number of benzene rings is 3. The van der Waals surface area contributed by atoms with Gasteiger partial charge in [0.15, 0.2) is 16.6 Å². The van der Waals surface area contributed by atoms with Crippen molar-refractivity contribution in [2.24, 2.45) is 0 Å². The maximum Gasteiger partial charge on any atom is 0.252 e. The van der Waals surface area contributed by atoms with Gasteiger partial charge in [-0.15, -0.1) is 0 Å². The van der Waals surface area contributed by atoms with Gasteiger partial charge < -0.3 is 24.4 Å². The van der Waals surface area contributed by atoms with Crippen LogP contribution in [-0.4, -0.2) is 67.2 Å². The maximum absolute atomic E-state index is 13.6. The lowest BCUT2D eigenvalue weighted by Gasteiger charge is -2.24. The molecule has 1 N–H and O–H groups in total. The van der Waals surface area contributed by atoms with E-state index in [-0.39, 0.29) is 18.2 Å². The smallest absolute Gasteiger partial charge is 0.252 e. The zero-order chi connectivity index (χ0) is 27.8. The average molecular weight is 548 g/mol. The molecular weight excluding hydrogens is 514 g/mol. The number of nitrogens with zero attached hydrogens (tertiary/aromatic N) is 2. The van der Waals surface area contributed by atoms with Gasteiger partial charge in [0.05, 0.1) is 27.8 Å². The summed E-state index contributed by atoms with van der Waals surface area (Å²) in [6.45, 7) is 0.924. The van der Waals surface area contributed by atoms with E-state index in [1.54, 1.807) is 50.5 Å². The number of carbonyl (C=O) groups is 2. The van der Waals surface area contributed by atoms with Gasteiger partial charge in [-0.3, -0.25) is 14.5 Å². The van der Waals surface area contributed by atoms with E-state index in [9.17, 15) is 9.59 Å². The first-order valence-corrected chi connectivity index (χ1v) is 13.1. The number of rotatable bonds is 12. The summed E-state index contributed by atoms with van der Waals surface area (Å²) in [6, 6.07) is 22.1. The first kappa shape index (κ1) is 27.9. The number of ether oxygens (including phenoxy) is 3. The molecule has 1 heterocycles. The minimum Gasteiger partial charge on any atom is -0.497 e. The largest absolute Gasteiger partial charge is 0.497 e. The fourth-order valence-electron chi connectivity index (χ4n) is 4.58. The molecule has 0 bridgehead atoms. The van der Waals surface area contributed by atoms with Crippen LogP contribution >= 0.6 is 12.2 Å². The van der Waals surface area contributed by atoms with E-state index in [1.807, 2.05) is 53.4 Å². The van der Waals surface area contributed by atoms with E-state index >= 15 is 0 Å². The minimum absolute atomic E-state index is 0.0151. The number of nitrogens with one attached hydrogen (secondary N) is 1. The molecule has 0 saturated carbocycles. The van der Waals surface area contributed by atoms with Gasteiger partial charge in [-0.1, -0.05) is 36.4 Å². The molecule has 4 rings (SSSR count). The summed E-state index contributed by atoms with van der Waals surface area (Å²) in [6.07, 6.45) is 1.26. The summed E-state index contributed by atoms with van der Waals surface area (Å²) in [7, 11) is 4.78. The predicted octanol–water partition coefficient (Wildman–Crippen LogP) is 4.32. The molecule has 1 aliphatic heterocycles. The van der Waals surface area contributed by atoms with E-state index in [1.165, 1.54) is 0 Å². The molecule has 0 radical (unpaired) electrons. The Balaban J connectivity index is 1.49. The van der Waals surface area contributed by atoms with Gasteiger partial charge in [-0.05, 0) is 72.6 Å². The third-order valence-electron chi connectivity index (χ3n) is 6.71. The van der Waals surface area contributed by atoms with Crippen LogP contribution in [0.15, 0.2) is 72.8 Å². The van der Waals surface area contributed by atoms with Crippen LogP contribution in [0.2, 0.25) is 0 Å². The first-order valence-electron chi connectivity index (χ1n) is 12.7. The van der Waals surface area contributed by atoms with Gasteiger partial charge in [0, 0.05) is 18.8 Å². The highest BCUT2D eigenvalue weighted by Crippen LogP contribution is 2.29. The zero-order valence-electron chi connectivity index (χ0n) is 22.4. The predicted molar refractivity (Wildman–Crippen MR) is 154 cm³/mol. The number of amides is 2. The van der Waals surface area contributed by atoms with Gasteiger partial charge in [-0.2, -0.15) is 0 Å². The Morgan fingerprint density at radius 1 is 0.846 bits per heavy atom. The quantitative estimate of drug-likeness (QED) is 0.338. The van der Waals surface area contributed by atoms with Crippen molar-refractivity contribution in [3.63, 3.8) is 0 Å². The molecule has 0 aromatic heterocycles. The standard InChI is InChI=1S/C30H33N3O5S/c1-36-24-12-10-23(11-13-24)31-28(34)20-25-29(35)33(18-15-21-7-5-4-6-8-21)30(39)32(25)17-16-22-9-14-26(37-2)27(19-22)38-3/h4-14,19,25H,15-18,20H2,1-3H3,(H,31,34). The Labute approximate surface area is 234 Å². The Bertz CT molecular complexity index is 1300. The van der Waals surface area contributed by atoms with Gasteiger partial charge in [0.25, 0.3) is 5.91 Å². The number of thiocarbonyl (C=S) groups is 1. The van der Waals surface area contributed by atoms with Crippen LogP contribution < -0.4 is 19.5 Å². The lowest BCUT2D eigenvalue weighted by Crippen LogP contribution is -2.39. The summed E-state index contributed by atoms with van der Waals surface area (Å²) in [5.41, 5.74) is 2.75. The second-order valence-corrected chi connectivity index (χ2v) is 9.50. The van der Waals surface area contributed by atoms with Gasteiger partial charge in [-0.25, -0.2) is 0 Å². The Morgan fingerprint density at radius 3 is 2.21 bits per heavy atom. The Morgan fingerprint density at radius 2 is 1.54 bits per heavy atom. The molecular formula is C30H33N3O5S. The molecule has 9 heteroatoms. The summed E-state index contributed by atoms with van der Waals surface area (Å²) < 4.78 is 16.0. The third-order valence-corrected chi connectivity index (χ3v) is 7.17. The van der Waals surface area contributed by atoms with E-state index in [2.05, 4.69) is 5.32 Å². The highest BCUT2D eigenvalue weighted by Gasteiger charge is 2.42. The van der Waals surface area contributed by atoms with Crippen molar-refractivity contribution in [3.8, 4) is 17.2 Å². The minimum atomic E-state index is -0.688. The van der Waals surface area contributed by atoms with Crippen molar-refractivity contribution >= 4 is 34.8 Å². The van der Waals surface area contributed by atoms with Crippen LogP contribution in [0.1, 0.15) is 17.5 Å². The molecule has 1 fully saturated rings. The van der Waals surface area contributed by atoms with Crippen LogP contribution in [-0.2, 0) is 22.4 Å². The topological polar surface area (TPSA) is 80.3 Å². The highest BCUT2D eigenvalue weighted by molar-refractivity contribution is 7.80. The van der Waals surface area contributed by atoms with Crippen molar-refractivity contribution in [2.45, 2.75) is 25.3 Å². The lowest BCUT2D eigenvalue weighted by molar-refractivity contribution is -0.130. The molecule has 0 aliphatic carbocycles. The first-order chi connectivity index (χ1) is 18.9. The fourth-order valence-corrected chi connectivity index (χ4v) is 4.98. The van der Waals surface area contributed by atoms with Crippen LogP contribution in [0.4, 0.5) is 5.69 Å². The number of anilines is 1.